The first kappa shape index (κ1) is 8.74. The first-order valence-electron chi connectivity index (χ1n) is 3.73. The van der Waals surface area contributed by atoms with Crippen molar-refractivity contribution in [1.29, 1.82) is 0 Å². The SMILES string of the molecule is [CH2]CCCC=CC(C)C. The number of hydrogen-bond acceptors (Lipinski definition) is 0. The molecule has 0 heteroatoms. The van der Waals surface area contributed by atoms with Crippen molar-refractivity contribution < 1.29 is 0 Å². The van der Waals surface area contributed by atoms with Gasteiger partial charge in [-0.25, -0.2) is 0 Å². The van der Waals surface area contributed by atoms with Crippen LogP contribution >= 0.6 is 0 Å². The Labute approximate surface area is 59.0 Å². The fraction of sp³-hybridized carbons (Fsp3) is 0.667. The maximum absolute atomic E-state index is 3.77. The first-order valence-corrected chi connectivity index (χ1v) is 3.73. The van der Waals surface area contributed by atoms with Gasteiger partial charge in [0.05, 0.1) is 0 Å². The van der Waals surface area contributed by atoms with E-state index in [0.717, 1.165) is 6.42 Å². The molecule has 0 spiro atoms. The molecule has 1 radical (unpaired) electrons. The standard InChI is InChI=1S/C9H17/c1-4-5-6-7-8-9(2)3/h7-9H,1,4-6H2,2-3H3. The van der Waals surface area contributed by atoms with Crippen LogP contribution in [0, 0.1) is 12.8 Å². The number of rotatable bonds is 4. The Hall–Kier alpha value is -0.260. The second-order valence-corrected chi connectivity index (χ2v) is 2.67. The molecule has 0 amide bonds. The Morgan fingerprint density at radius 2 is 2.11 bits per heavy atom. The molecule has 0 aromatic carbocycles. The van der Waals surface area contributed by atoms with Crippen molar-refractivity contribution in [2.75, 3.05) is 0 Å². The summed E-state index contributed by atoms with van der Waals surface area (Å²) < 4.78 is 0. The van der Waals surface area contributed by atoms with Crippen LogP contribution in [0.25, 0.3) is 0 Å². The van der Waals surface area contributed by atoms with Crippen LogP contribution in [0.15, 0.2) is 12.2 Å². The van der Waals surface area contributed by atoms with E-state index in [1.165, 1.54) is 12.8 Å². The highest BCUT2D eigenvalue weighted by molar-refractivity contribution is 4.83. The van der Waals surface area contributed by atoms with Crippen LogP contribution in [-0.4, -0.2) is 0 Å². The number of hydrogen-bond donors (Lipinski definition) is 0. The van der Waals surface area contributed by atoms with Crippen molar-refractivity contribution in [1.82, 2.24) is 0 Å². The molecule has 0 aliphatic rings. The topological polar surface area (TPSA) is 0 Å². The van der Waals surface area contributed by atoms with Gasteiger partial charge in [0.25, 0.3) is 0 Å². The Balaban J connectivity index is 3.04. The molecule has 0 N–H and O–H groups in total. The lowest BCUT2D eigenvalue weighted by Crippen LogP contribution is -1.76. The van der Waals surface area contributed by atoms with Crippen LogP contribution in [0.5, 0.6) is 0 Å². The number of unbranched alkanes of at least 4 members (excludes halogenated alkanes) is 2. The lowest BCUT2D eigenvalue weighted by molar-refractivity contribution is 0.808. The maximum Gasteiger partial charge on any atom is -0.0290 e. The first-order chi connectivity index (χ1) is 4.27. The molecule has 0 fully saturated rings. The monoisotopic (exact) mass is 125 g/mol. The fourth-order valence-electron chi connectivity index (χ4n) is 0.631. The molecule has 9 heavy (non-hydrogen) atoms. The van der Waals surface area contributed by atoms with Crippen LogP contribution in [0.1, 0.15) is 33.1 Å². The molecular weight excluding hydrogens is 108 g/mol. The lowest BCUT2D eigenvalue weighted by Gasteiger charge is -1.92. The van der Waals surface area contributed by atoms with E-state index < -0.39 is 0 Å². The van der Waals surface area contributed by atoms with Gasteiger partial charge in [0, 0.05) is 0 Å². The fourth-order valence-corrected chi connectivity index (χ4v) is 0.631. The molecular formula is C9H17. The molecule has 0 aliphatic heterocycles. The molecule has 0 atom stereocenters. The predicted molar refractivity (Wildman–Crippen MR) is 43.2 cm³/mol. The van der Waals surface area contributed by atoms with Gasteiger partial charge in [-0.3, -0.25) is 0 Å². The van der Waals surface area contributed by atoms with Crippen molar-refractivity contribution in [3.63, 3.8) is 0 Å². The molecule has 0 nitrogen and oxygen atoms in total. The van der Waals surface area contributed by atoms with Gasteiger partial charge in [0.15, 0.2) is 0 Å². The summed E-state index contributed by atoms with van der Waals surface area (Å²) in [6.07, 6.45) is 7.97. The van der Waals surface area contributed by atoms with Crippen molar-refractivity contribution in [3.05, 3.63) is 19.1 Å². The average Bonchev–Trinajstić information content (AvgIpc) is 1.80. The summed E-state index contributed by atoms with van der Waals surface area (Å²) in [5.41, 5.74) is 0. The van der Waals surface area contributed by atoms with Crippen LogP contribution in [0.3, 0.4) is 0 Å². The van der Waals surface area contributed by atoms with Gasteiger partial charge < -0.3 is 0 Å². The highest BCUT2D eigenvalue weighted by Gasteiger charge is 1.82. The minimum atomic E-state index is 0.704. The normalized spacial score (nSPS) is 11.6. The molecule has 0 saturated heterocycles. The zero-order chi connectivity index (χ0) is 7.11. The van der Waals surface area contributed by atoms with Crippen molar-refractivity contribution in [2.24, 2.45) is 5.92 Å². The van der Waals surface area contributed by atoms with Gasteiger partial charge in [0.1, 0.15) is 0 Å². The Bertz CT molecular complexity index is 70.1. The molecule has 0 rings (SSSR count). The van der Waals surface area contributed by atoms with Gasteiger partial charge in [-0.2, -0.15) is 0 Å². The zero-order valence-corrected chi connectivity index (χ0v) is 6.56. The van der Waals surface area contributed by atoms with E-state index in [2.05, 4.69) is 32.9 Å². The van der Waals surface area contributed by atoms with Gasteiger partial charge in [-0.15, -0.1) is 0 Å². The third kappa shape index (κ3) is 7.74. The second kappa shape index (κ2) is 5.87. The minimum Gasteiger partial charge on any atom is -0.0883 e. The zero-order valence-electron chi connectivity index (χ0n) is 6.56. The van der Waals surface area contributed by atoms with E-state index in [1.807, 2.05) is 0 Å². The summed E-state index contributed by atoms with van der Waals surface area (Å²) >= 11 is 0. The van der Waals surface area contributed by atoms with E-state index in [0.29, 0.717) is 5.92 Å². The molecule has 0 bridgehead atoms. The minimum absolute atomic E-state index is 0.704. The quantitative estimate of drug-likeness (QED) is 0.400. The summed E-state index contributed by atoms with van der Waals surface area (Å²) in [7, 11) is 0. The van der Waals surface area contributed by atoms with Gasteiger partial charge >= 0.3 is 0 Å². The molecule has 0 aromatic rings. The Morgan fingerprint density at radius 1 is 1.44 bits per heavy atom. The third-order valence-electron chi connectivity index (χ3n) is 1.14. The highest BCUT2D eigenvalue weighted by Crippen LogP contribution is 1.98. The van der Waals surface area contributed by atoms with Crippen LogP contribution in [0.4, 0.5) is 0 Å². The van der Waals surface area contributed by atoms with E-state index in [1.54, 1.807) is 0 Å². The summed E-state index contributed by atoms with van der Waals surface area (Å²) in [6, 6.07) is 0. The molecule has 0 aliphatic carbocycles. The largest absolute Gasteiger partial charge is 0.0883 e. The van der Waals surface area contributed by atoms with Gasteiger partial charge in [0.2, 0.25) is 0 Å². The van der Waals surface area contributed by atoms with E-state index in [9.17, 15) is 0 Å². The summed E-state index contributed by atoms with van der Waals surface area (Å²) in [5, 5.41) is 0. The van der Waals surface area contributed by atoms with Crippen molar-refractivity contribution in [2.45, 2.75) is 33.1 Å². The summed E-state index contributed by atoms with van der Waals surface area (Å²) in [4.78, 5) is 0. The molecule has 0 aromatic heterocycles. The average molecular weight is 125 g/mol. The highest BCUT2D eigenvalue weighted by atomic mass is 13.9. The number of allylic oxidation sites excluding steroid dienone is 2. The smallest absolute Gasteiger partial charge is 0.0290 e. The van der Waals surface area contributed by atoms with Crippen LogP contribution in [0.2, 0.25) is 0 Å². The molecule has 0 saturated carbocycles. The summed E-state index contributed by atoms with van der Waals surface area (Å²) in [6.45, 7) is 8.16. The summed E-state index contributed by atoms with van der Waals surface area (Å²) in [5.74, 6) is 0.704. The van der Waals surface area contributed by atoms with Gasteiger partial charge in [-0.1, -0.05) is 39.3 Å². The van der Waals surface area contributed by atoms with Gasteiger partial charge in [-0.05, 0) is 18.8 Å². The Morgan fingerprint density at radius 3 is 2.56 bits per heavy atom. The Kier molecular flexibility index (Phi) is 5.70. The lowest BCUT2D eigenvalue weighted by atomic mass is 10.1. The predicted octanol–water partition coefficient (Wildman–Crippen LogP) is 3.20. The van der Waals surface area contributed by atoms with E-state index in [-0.39, 0.29) is 0 Å². The van der Waals surface area contributed by atoms with E-state index >= 15 is 0 Å². The van der Waals surface area contributed by atoms with Crippen molar-refractivity contribution >= 4 is 0 Å². The van der Waals surface area contributed by atoms with Crippen LogP contribution in [-0.2, 0) is 0 Å². The second-order valence-electron chi connectivity index (χ2n) is 2.67. The van der Waals surface area contributed by atoms with E-state index in [4.69, 9.17) is 0 Å². The molecule has 0 heterocycles. The molecule has 53 valence electrons. The molecule has 0 unspecified atom stereocenters. The third-order valence-corrected chi connectivity index (χ3v) is 1.14. The maximum atomic E-state index is 3.77. The van der Waals surface area contributed by atoms with Crippen molar-refractivity contribution in [3.8, 4) is 0 Å². The van der Waals surface area contributed by atoms with Crippen LogP contribution < -0.4 is 0 Å².